The van der Waals surface area contributed by atoms with Gasteiger partial charge >= 0.3 is 0 Å². The lowest BCUT2D eigenvalue weighted by atomic mass is 10.1. The van der Waals surface area contributed by atoms with Crippen molar-refractivity contribution >= 4 is 45.8 Å². The standard InChI is InChI=1S/C25H19Cl2NO5/c1-14-11-21-18(12-20(14)27)23(30)25(24(33-21)17-5-3-4-6-19(17)26)32-13-22(29)28-15-7-9-16(31-2)10-8-15/h3-12H,13H2,1-2H3,(H,28,29). The number of hydrogen-bond donors (Lipinski definition) is 1. The monoisotopic (exact) mass is 483 g/mol. The number of aryl methyl sites for hydroxylation is 1. The van der Waals surface area contributed by atoms with Crippen molar-refractivity contribution in [3.05, 3.63) is 86.5 Å². The van der Waals surface area contributed by atoms with Crippen LogP contribution in [0.25, 0.3) is 22.3 Å². The molecule has 6 nitrogen and oxygen atoms in total. The van der Waals surface area contributed by atoms with Crippen LogP contribution >= 0.6 is 23.2 Å². The second-order valence-electron chi connectivity index (χ2n) is 7.23. The van der Waals surface area contributed by atoms with E-state index in [-0.39, 0.29) is 16.9 Å². The third kappa shape index (κ3) is 4.82. The summed E-state index contributed by atoms with van der Waals surface area (Å²) in [6, 6.07) is 16.9. The van der Waals surface area contributed by atoms with Crippen LogP contribution in [0.5, 0.6) is 11.5 Å². The molecule has 0 unspecified atom stereocenters. The van der Waals surface area contributed by atoms with Crippen LogP contribution in [0.1, 0.15) is 5.56 Å². The highest BCUT2D eigenvalue weighted by Crippen LogP contribution is 2.36. The summed E-state index contributed by atoms with van der Waals surface area (Å²) in [5.41, 5.74) is 1.67. The largest absolute Gasteiger partial charge is 0.497 e. The van der Waals surface area contributed by atoms with Gasteiger partial charge in [0.1, 0.15) is 11.3 Å². The third-order valence-corrected chi connectivity index (χ3v) is 5.71. The minimum atomic E-state index is -0.453. The highest BCUT2D eigenvalue weighted by Gasteiger charge is 2.21. The molecule has 0 aliphatic carbocycles. The fourth-order valence-electron chi connectivity index (χ4n) is 3.26. The van der Waals surface area contributed by atoms with E-state index < -0.39 is 17.9 Å². The van der Waals surface area contributed by atoms with Gasteiger partial charge in [0, 0.05) is 16.3 Å². The van der Waals surface area contributed by atoms with Gasteiger partial charge in [-0.1, -0.05) is 35.3 Å². The molecule has 1 heterocycles. The summed E-state index contributed by atoms with van der Waals surface area (Å²) in [7, 11) is 1.56. The number of hydrogen-bond acceptors (Lipinski definition) is 5. The molecular formula is C25H19Cl2NO5. The summed E-state index contributed by atoms with van der Waals surface area (Å²) in [5.74, 6) is 0.223. The Balaban J connectivity index is 1.70. The molecule has 0 spiro atoms. The Morgan fingerprint density at radius 1 is 1.03 bits per heavy atom. The second kappa shape index (κ2) is 9.57. The molecule has 168 valence electrons. The molecule has 0 aliphatic rings. The number of benzene rings is 3. The van der Waals surface area contributed by atoms with Crippen LogP contribution in [0.4, 0.5) is 5.69 Å². The van der Waals surface area contributed by atoms with Crippen molar-refractivity contribution < 1.29 is 18.7 Å². The van der Waals surface area contributed by atoms with Crippen molar-refractivity contribution in [1.29, 1.82) is 0 Å². The maximum absolute atomic E-state index is 13.3. The summed E-state index contributed by atoms with van der Waals surface area (Å²) in [6.07, 6.45) is 0. The Hall–Kier alpha value is -3.48. The number of amides is 1. The van der Waals surface area contributed by atoms with Crippen molar-refractivity contribution in [1.82, 2.24) is 0 Å². The molecule has 0 radical (unpaired) electrons. The predicted molar refractivity (Wildman–Crippen MR) is 130 cm³/mol. The topological polar surface area (TPSA) is 77.8 Å². The number of carbonyl (C=O) groups excluding carboxylic acids is 1. The second-order valence-corrected chi connectivity index (χ2v) is 8.05. The van der Waals surface area contributed by atoms with Gasteiger partial charge in [0.25, 0.3) is 5.91 Å². The lowest BCUT2D eigenvalue weighted by molar-refractivity contribution is -0.118. The summed E-state index contributed by atoms with van der Waals surface area (Å²) in [5, 5.41) is 3.74. The number of anilines is 1. The molecule has 0 bridgehead atoms. The fraction of sp³-hybridized carbons (Fsp3) is 0.120. The van der Waals surface area contributed by atoms with Gasteiger partial charge in [-0.05, 0) is 61.0 Å². The molecule has 0 saturated heterocycles. The first-order chi connectivity index (χ1) is 15.9. The van der Waals surface area contributed by atoms with Gasteiger partial charge in [0.2, 0.25) is 11.2 Å². The van der Waals surface area contributed by atoms with E-state index in [1.165, 1.54) is 6.07 Å². The van der Waals surface area contributed by atoms with E-state index in [1.54, 1.807) is 61.7 Å². The predicted octanol–water partition coefficient (Wildman–Crippen LogP) is 6.10. The summed E-state index contributed by atoms with van der Waals surface area (Å²) in [4.78, 5) is 25.8. The van der Waals surface area contributed by atoms with Crippen LogP contribution in [0.15, 0.2) is 69.9 Å². The number of fused-ring (bicyclic) bond motifs is 1. The summed E-state index contributed by atoms with van der Waals surface area (Å²) >= 11 is 12.6. The molecule has 0 fully saturated rings. The molecule has 1 amide bonds. The molecule has 33 heavy (non-hydrogen) atoms. The molecule has 1 N–H and O–H groups in total. The van der Waals surface area contributed by atoms with Gasteiger partial charge in [-0.15, -0.1) is 0 Å². The lowest BCUT2D eigenvalue weighted by Gasteiger charge is -2.13. The minimum Gasteiger partial charge on any atom is -0.497 e. The molecule has 0 saturated carbocycles. The van der Waals surface area contributed by atoms with E-state index in [0.717, 1.165) is 5.56 Å². The van der Waals surface area contributed by atoms with E-state index in [1.807, 2.05) is 6.92 Å². The number of methoxy groups -OCH3 is 1. The third-order valence-electron chi connectivity index (χ3n) is 4.97. The lowest BCUT2D eigenvalue weighted by Crippen LogP contribution is -2.22. The summed E-state index contributed by atoms with van der Waals surface area (Å²) < 4.78 is 16.8. The van der Waals surface area contributed by atoms with Gasteiger partial charge in [-0.2, -0.15) is 0 Å². The van der Waals surface area contributed by atoms with E-state index in [4.69, 9.17) is 37.1 Å². The SMILES string of the molecule is COc1ccc(NC(=O)COc2c(-c3ccccc3Cl)oc3cc(C)c(Cl)cc3c2=O)cc1. The average Bonchev–Trinajstić information content (AvgIpc) is 2.80. The van der Waals surface area contributed by atoms with E-state index >= 15 is 0 Å². The van der Waals surface area contributed by atoms with Crippen LogP contribution in [-0.4, -0.2) is 19.6 Å². The van der Waals surface area contributed by atoms with Crippen molar-refractivity contribution in [2.45, 2.75) is 6.92 Å². The van der Waals surface area contributed by atoms with E-state index in [9.17, 15) is 9.59 Å². The highest BCUT2D eigenvalue weighted by molar-refractivity contribution is 6.33. The first-order valence-corrected chi connectivity index (χ1v) is 10.7. The molecule has 3 aromatic carbocycles. The number of ether oxygens (including phenoxy) is 2. The minimum absolute atomic E-state index is 0.125. The normalized spacial score (nSPS) is 10.8. The Labute approximate surface area is 199 Å². The Morgan fingerprint density at radius 2 is 1.76 bits per heavy atom. The van der Waals surface area contributed by atoms with Crippen LogP contribution in [0.2, 0.25) is 10.0 Å². The van der Waals surface area contributed by atoms with Crippen molar-refractivity contribution in [2.75, 3.05) is 19.0 Å². The molecule has 0 aliphatic heterocycles. The first kappa shape index (κ1) is 22.7. The van der Waals surface area contributed by atoms with Crippen LogP contribution in [-0.2, 0) is 4.79 Å². The van der Waals surface area contributed by atoms with Gasteiger partial charge in [-0.3, -0.25) is 9.59 Å². The number of rotatable bonds is 6. The number of carbonyl (C=O) groups is 1. The van der Waals surface area contributed by atoms with Gasteiger partial charge in [0.05, 0.1) is 17.5 Å². The summed E-state index contributed by atoms with van der Waals surface area (Å²) in [6.45, 7) is 1.39. The Bertz CT molecular complexity index is 1400. The van der Waals surface area contributed by atoms with Crippen LogP contribution in [0.3, 0.4) is 0 Å². The zero-order chi connectivity index (χ0) is 23.5. The molecular weight excluding hydrogens is 465 g/mol. The maximum atomic E-state index is 13.3. The molecule has 4 rings (SSSR count). The van der Waals surface area contributed by atoms with Gasteiger partial charge < -0.3 is 19.2 Å². The van der Waals surface area contributed by atoms with Crippen molar-refractivity contribution in [2.24, 2.45) is 0 Å². The highest BCUT2D eigenvalue weighted by atomic mass is 35.5. The zero-order valence-corrected chi connectivity index (χ0v) is 19.3. The fourth-order valence-corrected chi connectivity index (χ4v) is 3.65. The molecule has 1 aromatic heterocycles. The zero-order valence-electron chi connectivity index (χ0n) is 17.8. The molecule has 4 aromatic rings. The average molecular weight is 484 g/mol. The Morgan fingerprint density at radius 3 is 2.45 bits per heavy atom. The van der Waals surface area contributed by atoms with E-state index in [0.29, 0.717) is 32.6 Å². The van der Waals surface area contributed by atoms with Gasteiger partial charge in [-0.25, -0.2) is 0 Å². The number of halogens is 2. The molecule has 8 heteroatoms. The van der Waals surface area contributed by atoms with E-state index in [2.05, 4.69) is 5.32 Å². The van der Waals surface area contributed by atoms with Crippen molar-refractivity contribution in [3.63, 3.8) is 0 Å². The van der Waals surface area contributed by atoms with Crippen LogP contribution in [0, 0.1) is 6.92 Å². The smallest absolute Gasteiger partial charge is 0.262 e. The number of nitrogens with one attached hydrogen (secondary N) is 1. The molecule has 0 atom stereocenters. The van der Waals surface area contributed by atoms with Gasteiger partial charge in [0.15, 0.2) is 12.4 Å². The quantitative estimate of drug-likeness (QED) is 0.358. The Kier molecular flexibility index (Phi) is 6.58. The first-order valence-electron chi connectivity index (χ1n) is 9.96. The van der Waals surface area contributed by atoms with Crippen LogP contribution < -0.4 is 20.2 Å². The maximum Gasteiger partial charge on any atom is 0.262 e. The van der Waals surface area contributed by atoms with Crippen molar-refractivity contribution in [3.8, 4) is 22.8 Å².